The number of rotatable bonds is 2. The highest BCUT2D eigenvalue weighted by Crippen LogP contribution is 2.37. The van der Waals surface area contributed by atoms with Gasteiger partial charge in [0, 0.05) is 4.47 Å². The number of methoxy groups -OCH3 is 2. The van der Waals surface area contributed by atoms with E-state index in [0.717, 1.165) is 4.47 Å². The number of nitrogen functional groups attached to an aromatic ring is 1. The molecule has 0 saturated heterocycles. The van der Waals surface area contributed by atoms with Crippen LogP contribution in [0.3, 0.4) is 0 Å². The topological polar surface area (TPSA) is 44.5 Å². The van der Waals surface area contributed by atoms with Crippen molar-refractivity contribution in [1.82, 2.24) is 0 Å². The Hall–Kier alpha value is -0.900. The molecule has 0 aliphatic rings. The van der Waals surface area contributed by atoms with E-state index < -0.39 is 0 Å². The standard InChI is InChI=1S/C8H10BrNO2/c1-11-6-4-3-5(9)7(10)8(6)12-2/h3-4H,10H2,1-2H3. The second-order valence-corrected chi connectivity index (χ2v) is 3.05. The van der Waals surface area contributed by atoms with Crippen LogP contribution in [-0.2, 0) is 0 Å². The van der Waals surface area contributed by atoms with Gasteiger partial charge in [0.05, 0.1) is 19.9 Å². The minimum Gasteiger partial charge on any atom is -0.493 e. The number of ether oxygens (including phenoxy) is 2. The van der Waals surface area contributed by atoms with Gasteiger partial charge in [-0.2, -0.15) is 0 Å². The fraction of sp³-hybridized carbons (Fsp3) is 0.250. The molecule has 3 nitrogen and oxygen atoms in total. The molecule has 0 aliphatic carbocycles. The Bertz CT molecular complexity index is 289. The molecule has 1 rings (SSSR count). The predicted molar refractivity (Wildman–Crippen MR) is 51.7 cm³/mol. The molecule has 0 atom stereocenters. The number of hydrogen-bond donors (Lipinski definition) is 1. The highest BCUT2D eigenvalue weighted by Gasteiger charge is 2.09. The van der Waals surface area contributed by atoms with Gasteiger partial charge in [-0.3, -0.25) is 0 Å². The van der Waals surface area contributed by atoms with Gasteiger partial charge in [-0.15, -0.1) is 0 Å². The molecular formula is C8H10BrNO2. The van der Waals surface area contributed by atoms with Gasteiger partial charge in [0.25, 0.3) is 0 Å². The molecule has 66 valence electrons. The summed E-state index contributed by atoms with van der Waals surface area (Å²) >= 11 is 3.29. The fourth-order valence-corrected chi connectivity index (χ4v) is 1.24. The molecule has 0 radical (unpaired) electrons. The Morgan fingerprint density at radius 3 is 2.42 bits per heavy atom. The first kappa shape index (κ1) is 9.19. The van der Waals surface area contributed by atoms with Gasteiger partial charge >= 0.3 is 0 Å². The van der Waals surface area contributed by atoms with Crippen molar-refractivity contribution >= 4 is 21.6 Å². The summed E-state index contributed by atoms with van der Waals surface area (Å²) in [5, 5.41) is 0. The molecule has 0 bridgehead atoms. The summed E-state index contributed by atoms with van der Waals surface area (Å²) in [6.45, 7) is 0. The molecule has 4 heteroatoms. The van der Waals surface area contributed by atoms with E-state index in [2.05, 4.69) is 15.9 Å². The summed E-state index contributed by atoms with van der Waals surface area (Å²) in [4.78, 5) is 0. The zero-order valence-electron chi connectivity index (χ0n) is 6.93. The third-order valence-corrected chi connectivity index (χ3v) is 2.22. The molecule has 0 saturated carbocycles. The molecule has 1 aromatic rings. The molecule has 0 heterocycles. The molecule has 0 amide bonds. The minimum absolute atomic E-state index is 0.553. The smallest absolute Gasteiger partial charge is 0.184 e. The second kappa shape index (κ2) is 3.67. The minimum atomic E-state index is 0.553. The third kappa shape index (κ3) is 1.48. The first-order valence-corrected chi connectivity index (χ1v) is 4.16. The number of halogens is 1. The van der Waals surface area contributed by atoms with Crippen LogP contribution in [0, 0.1) is 0 Å². The molecule has 1 aromatic carbocycles. The molecule has 0 unspecified atom stereocenters. The van der Waals surface area contributed by atoms with E-state index in [9.17, 15) is 0 Å². The molecule has 0 spiro atoms. The van der Waals surface area contributed by atoms with Crippen molar-refractivity contribution in [3.05, 3.63) is 16.6 Å². The largest absolute Gasteiger partial charge is 0.493 e. The van der Waals surface area contributed by atoms with E-state index in [1.807, 2.05) is 6.07 Å². The molecule has 2 N–H and O–H groups in total. The Labute approximate surface area is 79.6 Å². The summed E-state index contributed by atoms with van der Waals surface area (Å²) in [5.74, 6) is 1.20. The van der Waals surface area contributed by atoms with Crippen LogP contribution in [0.15, 0.2) is 16.6 Å². The SMILES string of the molecule is COc1ccc(Br)c(N)c1OC. The maximum Gasteiger partial charge on any atom is 0.184 e. The fourth-order valence-electron chi connectivity index (χ4n) is 0.927. The van der Waals surface area contributed by atoms with Gasteiger partial charge in [0.1, 0.15) is 0 Å². The lowest BCUT2D eigenvalue weighted by Gasteiger charge is -2.10. The lowest BCUT2D eigenvalue weighted by molar-refractivity contribution is 0.356. The van der Waals surface area contributed by atoms with Crippen LogP contribution in [0.2, 0.25) is 0 Å². The van der Waals surface area contributed by atoms with E-state index in [4.69, 9.17) is 15.2 Å². The summed E-state index contributed by atoms with van der Waals surface area (Å²) in [5.41, 5.74) is 6.27. The van der Waals surface area contributed by atoms with Crippen molar-refractivity contribution in [3.8, 4) is 11.5 Å². The van der Waals surface area contributed by atoms with E-state index >= 15 is 0 Å². The van der Waals surface area contributed by atoms with Crippen molar-refractivity contribution in [1.29, 1.82) is 0 Å². The van der Waals surface area contributed by atoms with Crippen LogP contribution in [0.5, 0.6) is 11.5 Å². The zero-order valence-corrected chi connectivity index (χ0v) is 8.51. The Morgan fingerprint density at radius 1 is 1.25 bits per heavy atom. The molecular weight excluding hydrogens is 222 g/mol. The molecule has 12 heavy (non-hydrogen) atoms. The highest BCUT2D eigenvalue weighted by molar-refractivity contribution is 9.10. The maximum absolute atomic E-state index is 5.72. The van der Waals surface area contributed by atoms with Gasteiger partial charge in [-0.1, -0.05) is 0 Å². The van der Waals surface area contributed by atoms with Gasteiger partial charge in [0.15, 0.2) is 11.5 Å². The van der Waals surface area contributed by atoms with Crippen molar-refractivity contribution < 1.29 is 9.47 Å². The maximum atomic E-state index is 5.72. The van der Waals surface area contributed by atoms with Gasteiger partial charge < -0.3 is 15.2 Å². The normalized spacial score (nSPS) is 9.58. The predicted octanol–water partition coefficient (Wildman–Crippen LogP) is 2.05. The van der Waals surface area contributed by atoms with Crippen LogP contribution in [0.1, 0.15) is 0 Å². The monoisotopic (exact) mass is 231 g/mol. The quantitative estimate of drug-likeness (QED) is 0.793. The van der Waals surface area contributed by atoms with Gasteiger partial charge in [0.2, 0.25) is 0 Å². The Balaban J connectivity index is 3.25. The number of nitrogens with two attached hydrogens (primary N) is 1. The zero-order chi connectivity index (χ0) is 9.14. The Kier molecular flexibility index (Phi) is 2.81. The van der Waals surface area contributed by atoms with Gasteiger partial charge in [-0.05, 0) is 28.1 Å². The van der Waals surface area contributed by atoms with Crippen molar-refractivity contribution in [2.24, 2.45) is 0 Å². The first-order chi connectivity index (χ1) is 5.70. The lowest BCUT2D eigenvalue weighted by atomic mass is 10.3. The van der Waals surface area contributed by atoms with E-state index in [1.54, 1.807) is 20.3 Å². The van der Waals surface area contributed by atoms with Crippen molar-refractivity contribution in [2.45, 2.75) is 0 Å². The van der Waals surface area contributed by atoms with Gasteiger partial charge in [-0.25, -0.2) is 0 Å². The summed E-state index contributed by atoms with van der Waals surface area (Å²) in [6.07, 6.45) is 0. The number of hydrogen-bond acceptors (Lipinski definition) is 3. The summed E-state index contributed by atoms with van der Waals surface area (Å²) in [6, 6.07) is 3.61. The Morgan fingerprint density at radius 2 is 1.92 bits per heavy atom. The molecule has 0 fully saturated rings. The lowest BCUT2D eigenvalue weighted by Crippen LogP contribution is -1.96. The van der Waals surface area contributed by atoms with Crippen LogP contribution >= 0.6 is 15.9 Å². The van der Waals surface area contributed by atoms with E-state index in [-0.39, 0.29) is 0 Å². The molecule has 0 aliphatic heterocycles. The van der Waals surface area contributed by atoms with Crippen molar-refractivity contribution in [3.63, 3.8) is 0 Å². The summed E-state index contributed by atoms with van der Waals surface area (Å²) in [7, 11) is 3.13. The number of benzene rings is 1. The first-order valence-electron chi connectivity index (χ1n) is 3.36. The van der Waals surface area contributed by atoms with Crippen LogP contribution < -0.4 is 15.2 Å². The average Bonchev–Trinajstić information content (AvgIpc) is 2.09. The van der Waals surface area contributed by atoms with E-state index in [0.29, 0.717) is 17.2 Å². The highest BCUT2D eigenvalue weighted by atomic mass is 79.9. The van der Waals surface area contributed by atoms with Crippen molar-refractivity contribution in [2.75, 3.05) is 20.0 Å². The van der Waals surface area contributed by atoms with E-state index in [1.165, 1.54) is 0 Å². The average molecular weight is 232 g/mol. The summed E-state index contributed by atoms with van der Waals surface area (Å²) < 4.78 is 10.9. The second-order valence-electron chi connectivity index (χ2n) is 2.20. The van der Waals surface area contributed by atoms with Crippen LogP contribution in [-0.4, -0.2) is 14.2 Å². The molecule has 0 aromatic heterocycles. The van der Waals surface area contributed by atoms with Crippen LogP contribution in [0.25, 0.3) is 0 Å². The number of anilines is 1. The third-order valence-electron chi connectivity index (χ3n) is 1.53. The van der Waals surface area contributed by atoms with Crippen LogP contribution in [0.4, 0.5) is 5.69 Å².